The van der Waals surface area contributed by atoms with Gasteiger partial charge in [-0.15, -0.1) is 11.3 Å². The summed E-state index contributed by atoms with van der Waals surface area (Å²) in [6, 6.07) is 8.80. The van der Waals surface area contributed by atoms with Crippen molar-refractivity contribution >= 4 is 37.1 Å². The van der Waals surface area contributed by atoms with Crippen LogP contribution in [0.3, 0.4) is 0 Å². The van der Waals surface area contributed by atoms with Crippen molar-refractivity contribution in [2.24, 2.45) is 0 Å². The Hall–Kier alpha value is -1.99. The van der Waals surface area contributed by atoms with Gasteiger partial charge in [-0.25, -0.2) is 13.4 Å². The predicted octanol–water partition coefficient (Wildman–Crippen LogP) is 2.56. The van der Waals surface area contributed by atoms with Crippen LogP contribution in [0.15, 0.2) is 40.9 Å². The Morgan fingerprint density at radius 2 is 2.10 bits per heavy atom. The number of aromatic nitrogens is 2. The molecule has 5 nitrogen and oxygen atoms in total. The Morgan fingerprint density at radius 3 is 2.86 bits per heavy atom. The second-order valence-corrected chi connectivity index (χ2v) is 7.93. The number of benzene rings is 1. The highest BCUT2D eigenvalue weighted by atomic mass is 32.2. The molecule has 2 heterocycles. The Morgan fingerprint density at radius 1 is 1.29 bits per heavy atom. The Kier molecular flexibility index (Phi) is 3.38. The van der Waals surface area contributed by atoms with E-state index in [2.05, 4.69) is 9.97 Å². The molecule has 0 unspecified atom stereocenters. The minimum atomic E-state index is -3.51. The third-order valence-corrected chi connectivity index (χ3v) is 6.20. The summed E-state index contributed by atoms with van der Waals surface area (Å²) >= 11 is 1.14. The van der Waals surface area contributed by atoms with Crippen LogP contribution in [0.1, 0.15) is 11.3 Å². The van der Waals surface area contributed by atoms with Gasteiger partial charge in [0.05, 0.1) is 21.7 Å². The fourth-order valence-electron chi connectivity index (χ4n) is 1.96. The Balaban J connectivity index is 2.02. The number of pyridine rings is 1. The molecule has 0 aliphatic rings. The molecule has 3 rings (SSSR count). The molecule has 108 valence electrons. The topological polar surface area (TPSA) is 85.9 Å². The van der Waals surface area contributed by atoms with E-state index in [1.54, 1.807) is 30.5 Å². The molecule has 7 heteroatoms. The van der Waals surface area contributed by atoms with Crippen LogP contribution in [0.25, 0.3) is 10.2 Å². The average molecular weight is 319 g/mol. The van der Waals surface area contributed by atoms with Crippen LogP contribution in [-0.4, -0.2) is 18.4 Å². The number of nitrogen functional groups attached to an aromatic ring is 1. The van der Waals surface area contributed by atoms with Crippen LogP contribution in [0, 0.1) is 6.92 Å². The summed E-state index contributed by atoms with van der Waals surface area (Å²) in [4.78, 5) is 8.33. The van der Waals surface area contributed by atoms with Crippen molar-refractivity contribution in [1.29, 1.82) is 0 Å². The van der Waals surface area contributed by atoms with Gasteiger partial charge in [-0.1, -0.05) is 6.07 Å². The summed E-state index contributed by atoms with van der Waals surface area (Å²) in [6.07, 6.45) is 1.59. The predicted molar refractivity (Wildman–Crippen MR) is 83.9 cm³/mol. The quantitative estimate of drug-likeness (QED) is 0.750. The molecule has 0 atom stereocenters. The first-order valence-electron chi connectivity index (χ1n) is 6.25. The highest BCUT2D eigenvalue weighted by molar-refractivity contribution is 7.92. The van der Waals surface area contributed by atoms with Gasteiger partial charge < -0.3 is 5.73 Å². The second-order valence-electron chi connectivity index (χ2n) is 4.73. The SMILES string of the molecule is Cc1cccnc1CS(=O)(=O)c1nc2ccc(N)cc2s1. The van der Waals surface area contributed by atoms with Crippen molar-refractivity contribution in [3.63, 3.8) is 0 Å². The minimum Gasteiger partial charge on any atom is -0.399 e. The summed E-state index contributed by atoms with van der Waals surface area (Å²) in [5.74, 6) is -0.144. The van der Waals surface area contributed by atoms with Gasteiger partial charge in [0.1, 0.15) is 0 Å². The maximum absolute atomic E-state index is 12.5. The van der Waals surface area contributed by atoms with Crippen LogP contribution >= 0.6 is 11.3 Å². The number of hydrogen-bond donors (Lipinski definition) is 1. The van der Waals surface area contributed by atoms with Gasteiger partial charge in [0.15, 0.2) is 0 Å². The first-order chi connectivity index (χ1) is 9.95. The Bertz CT molecular complexity index is 917. The van der Waals surface area contributed by atoms with Crippen molar-refractivity contribution in [3.8, 4) is 0 Å². The van der Waals surface area contributed by atoms with Gasteiger partial charge in [-0.3, -0.25) is 4.98 Å². The molecule has 0 aliphatic carbocycles. The normalized spacial score (nSPS) is 11.9. The molecule has 0 fully saturated rings. The molecule has 0 bridgehead atoms. The molecular weight excluding hydrogens is 306 g/mol. The second kappa shape index (κ2) is 5.09. The monoisotopic (exact) mass is 319 g/mol. The number of nitrogens with zero attached hydrogens (tertiary/aromatic N) is 2. The van der Waals surface area contributed by atoms with Crippen LogP contribution in [0.4, 0.5) is 5.69 Å². The molecule has 0 radical (unpaired) electrons. The molecule has 0 saturated carbocycles. The largest absolute Gasteiger partial charge is 0.399 e. The van der Waals surface area contributed by atoms with Gasteiger partial charge in [0.2, 0.25) is 14.2 Å². The van der Waals surface area contributed by atoms with Crippen molar-refractivity contribution in [3.05, 3.63) is 47.8 Å². The molecule has 3 aromatic rings. The fraction of sp³-hybridized carbons (Fsp3) is 0.143. The van der Waals surface area contributed by atoms with Crippen LogP contribution in [0.2, 0.25) is 0 Å². The first kappa shape index (κ1) is 14.0. The summed E-state index contributed by atoms with van der Waals surface area (Å²) in [7, 11) is -3.51. The smallest absolute Gasteiger partial charge is 0.211 e. The maximum Gasteiger partial charge on any atom is 0.211 e. The number of hydrogen-bond acceptors (Lipinski definition) is 6. The molecule has 2 N–H and O–H groups in total. The minimum absolute atomic E-state index is 0.105. The number of rotatable bonds is 3. The van der Waals surface area contributed by atoms with Gasteiger partial charge in [0, 0.05) is 11.9 Å². The van der Waals surface area contributed by atoms with E-state index < -0.39 is 9.84 Å². The lowest BCUT2D eigenvalue weighted by molar-refractivity contribution is 0.594. The fourth-order valence-corrected chi connectivity index (χ4v) is 4.69. The number of nitrogens with two attached hydrogens (primary N) is 1. The third-order valence-electron chi connectivity index (χ3n) is 3.10. The highest BCUT2D eigenvalue weighted by Gasteiger charge is 2.21. The number of thiazole rings is 1. The molecule has 0 spiro atoms. The summed E-state index contributed by atoms with van der Waals surface area (Å²) < 4.78 is 25.8. The molecule has 1 aromatic carbocycles. The van der Waals surface area contributed by atoms with E-state index in [0.29, 0.717) is 16.9 Å². The van der Waals surface area contributed by atoms with Crippen LogP contribution < -0.4 is 5.73 Å². The maximum atomic E-state index is 12.5. The standard InChI is InChI=1S/C14H13N3O2S2/c1-9-3-2-6-16-12(9)8-21(18,19)14-17-11-5-4-10(15)7-13(11)20-14/h2-7H,8,15H2,1H3. The zero-order chi connectivity index (χ0) is 15.0. The average Bonchev–Trinajstić information content (AvgIpc) is 2.85. The van der Waals surface area contributed by atoms with E-state index in [-0.39, 0.29) is 10.1 Å². The lowest BCUT2D eigenvalue weighted by atomic mass is 10.2. The van der Waals surface area contributed by atoms with E-state index in [1.807, 2.05) is 13.0 Å². The molecular formula is C14H13N3O2S2. The van der Waals surface area contributed by atoms with Gasteiger partial charge in [-0.2, -0.15) is 0 Å². The molecule has 21 heavy (non-hydrogen) atoms. The van der Waals surface area contributed by atoms with E-state index in [1.165, 1.54) is 0 Å². The van der Waals surface area contributed by atoms with E-state index in [0.717, 1.165) is 21.6 Å². The van der Waals surface area contributed by atoms with Gasteiger partial charge in [0.25, 0.3) is 0 Å². The first-order valence-corrected chi connectivity index (χ1v) is 8.72. The molecule has 0 aliphatic heterocycles. The number of sulfone groups is 1. The van der Waals surface area contributed by atoms with E-state index >= 15 is 0 Å². The van der Waals surface area contributed by atoms with E-state index in [4.69, 9.17) is 5.73 Å². The highest BCUT2D eigenvalue weighted by Crippen LogP contribution is 2.29. The Labute approximate surface area is 126 Å². The molecule has 0 amide bonds. The van der Waals surface area contributed by atoms with Gasteiger partial charge >= 0.3 is 0 Å². The van der Waals surface area contributed by atoms with Crippen LogP contribution in [-0.2, 0) is 15.6 Å². The van der Waals surface area contributed by atoms with Crippen molar-refractivity contribution in [1.82, 2.24) is 9.97 Å². The lowest BCUT2D eigenvalue weighted by Crippen LogP contribution is -2.07. The van der Waals surface area contributed by atoms with Crippen molar-refractivity contribution < 1.29 is 8.42 Å². The van der Waals surface area contributed by atoms with Crippen LogP contribution in [0.5, 0.6) is 0 Å². The summed E-state index contributed by atoms with van der Waals surface area (Å²) in [5.41, 5.74) is 8.35. The zero-order valence-corrected chi connectivity index (χ0v) is 12.9. The van der Waals surface area contributed by atoms with Gasteiger partial charge in [-0.05, 0) is 36.8 Å². The number of fused-ring (bicyclic) bond motifs is 1. The number of aryl methyl sites for hydroxylation is 1. The third kappa shape index (κ3) is 2.74. The van der Waals surface area contributed by atoms with Crippen molar-refractivity contribution in [2.45, 2.75) is 17.0 Å². The van der Waals surface area contributed by atoms with Crippen molar-refractivity contribution in [2.75, 3.05) is 5.73 Å². The van der Waals surface area contributed by atoms with E-state index in [9.17, 15) is 8.42 Å². The lowest BCUT2D eigenvalue weighted by Gasteiger charge is -2.03. The molecule has 2 aromatic heterocycles. The number of anilines is 1. The zero-order valence-electron chi connectivity index (χ0n) is 11.3. The molecule has 0 saturated heterocycles. The summed E-state index contributed by atoms with van der Waals surface area (Å²) in [6.45, 7) is 1.84. The summed E-state index contributed by atoms with van der Waals surface area (Å²) in [5, 5.41) is 0.